The van der Waals surface area contributed by atoms with Gasteiger partial charge in [0.1, 0.15) is 0 Å². The molecule has 0 saturated heterocycles. The zero-order valence-corrected chi connectivity index (χ0v) is 11.3. The van der Waals surface area contributed by atoms with Crippen molar-refractivity contribution in [3.63, 3.8) is 0 Å². The summed E-state index contributed by atoms with van der Waals surface area (Å²) in [4.78, 5) is 4.37. The van der Waals surface area contributed by atoms with Crippen molar-refractivity contribution in [1.29, 1.82) is 0 Å². The first kappa shape index (κ1) is 13.5. The van der Waals surface area contributed by atoms with Crippen LogP contribution in [0, 0.1) is 0 Å². The zero-order chi connectivity index (χ0) is 11.8. The van der Waals surface area contributed by atoms with E-state index < -0.39 is 0 Å². The van der Waals surface area contributed by atoms with Gasteiger partial charge in [-0.15, -0.1) is 11.8 Å². The molecule has 0 radical (unpaired) electrons. The molecule has 0 amide bonds. The summed E-state index contributed by atoms with van der Waals surface area (Å²) in [6.07, 6.45) is 4.28. The van der Waals surface area contributed by atoms with Crippen molar-refractivity contribution in [2.45, 2.75) is 44.7 Å². The topological polar surface area (TPSA) is 24.9 Å². The first-order valence-corrected chi connectivity index (χ1v) is 7.08. The highest BCUT2D eigenvalue weighted by Crippen LogP contribution is 2.20. The molecule has 3 heteroatoms. The van der Waals surface area contributed by atoms with E-state index in [4.69, 9.17) is 0 Å². The number of pyridine rings is 1. The standard InChI is InChI=1S/C13H22N2S/c1-4-7-14-11(3)12-6-8-15-13(10-12)16-9-5-2/h6,8,10-11,14H,4-5,7,9H2,1-3H3. The van der Waals surface area contributed by atoms with Gasteiger partial charge in [0.05, 0.1) is 5.03 Å². The molecule has 0 bridgehead atoms. The lowest BCUT2D eigenvalue weighted by Crippen LogP contribution is -2.19. The van der Waals surface area contributed by atoms with Crippen molar-refractivity contribution < 1.29 is 0 Å². The minimum Gasteiger partial charge on any atom is -0.310 e. The molecule has 1 aromatic heterocycles. The third-order valence-electron chi connectivity index (χ3n) is 2.41. The van der Waals surface area contributed by atoms with E-state index in [1.54, 1.807) is 0 Å². The van der Waals surface area contributed by atoms with Crippen molar-refractivity contribution in [3.8, 4) is 0 Å². The van der Waals surface area contributed by atoms with Crippen LogP contribution in [0.3, 0.4) is 0 Å². The van der Waals surface area contributed by atoms with E-state index >= 15 is 0 Å². The molecule has 0 aliphatic heterocycles. The molecule has 0 aliphatic rings. The number of hydrogen-bond acceptors (Lipinski definition) is 3. The average Bonchev–Trinajstić information content (AvgIpc) is 2.33. The molecule has 2 nitrogen and oxygen atoms in total. The molecule has 0 fully saturated rings. The molecule has 1 rings (SSSR count). The molecular formula is C13H22N2S. The van der Waals surface area contributed by atoms with Gasteiger partial charge in [-0.3, -0.25) is 0 Å². The SMILES string of the molecule is CCCNC(C)c1ccnc(SCCC)c1. The van der Waals surface area contributed by atoms with Gasteiger partial charge in [-0.2, -0.15) is 0 Å². The molecule has 1 atom stereocenters. The van der Waals surface area contributed by atoms with E-state index in [-0.39, 0.29) is 0 Å². The maximum Gasteiger partial charge on any atom is 0.0963 e. The number of thioether (sulfide) groups is 1. The lowest BCUT2D eigenvalue weighted by Gasteiger charge is -2.14. The van der Waals surface area contributed by atoms with Gasteiger partial charge < -0.3 is 5.32 Å². The maximum absolute atomic E-state index is 4.37. The highest BCUT2D eigenvalue weighted by Gasteiger charge is 2.05. The molecular weight excluding hydrogens is 216 g/mol. The van der Waals surface area contributed by atoms with Gasteiger partial charge in [-0.1, -0.05) is 13.8 Å². The molecule has 1 N–H and O–H groups in total. The molecule has 90 valence electrons. The summed E-state index contributed by atoms with van der Waals surface area (Å²) >= 11 is 1.84. The van der Waals surface area contributed by atoms with Crippen LogP contribution in [0.25, 0.3) is 0 Å². The first-order chi connectivity index (χ1) is 7.77. The van der Waals surface area contributed by atoms with Gasteiger partial charge in [0.25, 0.3) is 0 Å². The van der Waals surface area contributed by atoms with Gasteiger partial charge in [0, 0.05) is 12.2 Å². The Kier molecular flexibility index (Phi) is 6.50. The van der Waals surface area contributed by atoms with Crippen LogP contribution >= 0.6 is 11.8 Å². The van der Waals surface area contributed by atoms with E-state index in [0.717, 1.165) is 17.3 Å². The molecule has 0 spiro atoms. The second-order valence-electron chi connectivity index (χ2n) is 3.95. The van der Waals surface area contributed by atoms with Crippen molar-refractivity contribution >= 4 is 11.8 Å². The Morgan fingerprint density at radius 3 is 2.88 bits per heavy atom. The minimum absolute atomic E-state index is 0.420. The predicted octanol–water partition coefficient (Wildman–Crippen LogP) is 3.64. The first-order valence-electron chi connectivity index (χ1n) is 6.10. The minimum atomic E-state index is 0.420. The van der Waals surface area contributed by atoms with E-state index in [0.29, 0.717) is 6.04 Å². The average molecular weight is 238 g/mol. The summed E-state index contributed by atoms with van der Waals surface area (Å²) in [5.74, 6) is 1.15. The Balaban J connectivity index is 2.58. The van der Waals surface area contributed by atoms with Crippen LogP contribution in [-0.2, 0) is 0 Å². The van der Waals surface area contributed by atoms with Gasteiger partial charge in [0.2, 0.25) is 0 Å². The fourth-order valence-corrected chi connectivity index (χ4v) is 2.23. The second kappa shape index (κ2) is 7.69. The van der Waals surface area contributed by atoms with E-state index in [1.807, 2.05) is 18.0 Å². The number of hydrogen-bond donors (Lipinski definition) is 1. The van der Waals surface area contributed by atoms with Crippen molar-refractivity contribution in [3.05, 3.63) is 23.9 Å². The van der Waals surface area contributed by atoms with Crippen LogP contribution in [0.5, 0.6) is 0 Å². The fraction of sp³-hybridized carbons (Fsp3) is 0.615. The van der Waals surface area contributed by atoms with Crippen LogP contribution in [0.4, 0.5) is 0 Å². The lowest BCUT2D eigenvalue weighted by molar-refractivity contribution is 0.569. The lowest BCUT2D eigenvalue weighted by atomic mass is 10.1. The Bertz CT molecular complexity index is 302. The Morgan fingerprint density at radius 2 is 2.19 bits per heavy atom. The van der Waals surface area contributed by atoms with Crippen LogP contribution in [0.1, 0.15) is 45.2 Å². The second-order valence-corrected chi connectivity index (χ2v) is 5.07. The monoisotopic (exact) mass is 238 g/mol. The Morgan fingerprint density at radius 1 is 1.38 bits per heavy atom. The van der Waals surface area contributed by atoms with Gasteiger partial charge in [-0.05, 0) is 49.8 Å². The molecule has 1 heterocycles. The van der Waals surface area contributed by atoms with Crippen molar-refractivity contribution in [1.82, 2.24) is 10.3 Å². The van der Waals surface area contributed by atoms with Gasteiger partial charge in [-0.25, -0.2) is 4.98 Å². The molecule has 0 aliphatic carbocycles. The third-order valence-corrected chi connectivity index (χ3v) is 3.54. The molecule has 1 aromatic rings. The molecule has 0 aromatic carbocycles. The highest BCUT2D eigenvalue weighted by atomic mass is 32.2. The Labute approximate surface area is 103 Å². The van der Waals surface area contributed by atoms with E-state index in [1.165, 1.54) is 18.4 Å². The maximum atomic E-state index is 4.37. The van der Waals surface area contributed by atoms with E-state index in [2.05, 4.69) is 43.2 Å². The summed E-state index contributed by atoms with van der Waals surface area (Å²) in [6.45, 7) is 7.66. The summed E-state index contributed by atoms with van der Waals surface area (Å²) < 4.78 is 0. The summed E-state index contributed by atoms with van der Waals surface area (Å²) in [5, 5.41) is 4.64. The number of rotatable bonds is 7. The fourth-order valence-electron chi connectivity index (χ4n) is 1.46. The normalized spacial score (nSPS) is 12.7. The molecule has 1 unspecified atom stereocenters. The summed E-state index contributed by atoms with van der Waals surface area (Å²) in [7, 11) is 0. The largest absolute Gasteiger partial charge is 0.310 e. The van der Waals surface area contributed by atoms with Gasteiger partial charge >= 0.3 is 0 Å². The summed E-state index contributed by atoms with van der Waals surface area (Å²) in [5.41, 5.74) is 1.34. The Hall–Kier alpha value is -0.540. The van der Waals surface area contributed by atoms with Crippen LogP contribution < -0.4 is 5.32 Å². The predicted molar refractivity (Wildman–Crippen MR) is 72.0 cm³/mol. The van der Waals surface area contributed by atoms with Crippen LogP contribution in [-0.4, -0.2) is 17.3 Å². The summed E-state index contributed by atoms with van der Waals surface area (Å²) in [6, 6.07) is 4.72. The van der Waals surface area contributed by atoms with Crippen molar-refractivity contribution in [2.75, 3.05) is 12.3 Å². The van der Waals surface area contributed by atoms with E-state index in [9.17, 15) is 0 Å². The van der Waals surface area contributed by atoms with Crippen LogP contribution in [0.2, 0.25) is 0 Å². The highest BCUT2D eigenvalue weighted by molar-refractivity contribution is 7.99. The van der Waals surface area contributed by atoms with Crippen LogP contribution in [0.15, 0.2) is 23.4 Å². The molecule has 0 saturated carbocycles. The quantitative estimate of drug-likeness (QED) is 0.734. The van der Waals surface area contributed by atoms with Crippen molar-refractivity contribution in [2.24, 2.45) is 0 Å². The number of aromatic nitrogens is 1. The van der Waals surface area contributed by atoms with Gasteiger partial charge in [0.15, 0.2) is 0 Å². The molecule has 16 heavy (non-hydrogen) atoms. The number of nitrogens with zero attached hydrogens (tertiary/aromatic N) is 1. The smallest absolute Gasteiger partial charge is 0.0963 e. The number of nitrogens with one attached hydrogen (secondary N) is 1. The third kappa shape index (κ3) is 4.54. The zero-order valence-electron chi connectivity index (χ0n) is 10.5.